The molecular weight excluding hydrogens is 324 g/mol. The minimum atomic E-state index is 0.0618. The van der Waals surface area contributed by atoms with E-state index in [-0.39, 0.29) is 5.91 Å². The third kappa shape index (κ3) is 2.99. The molecule has 1 aliphatic rings. The maximum Gasteiger partial charge on any atom is 0.273 e. The number of carbonyl (C=O) groups excluding carboxylic acids is 1. The fourth-order valence-electron chi connectivity index (χ4n) is 3.43. The molecule has 1 fully saturated rings. The quantitative estimate of drug-likeness (QED) is 0.715. The topological polar surface area (TPSA) is 40.9 Å². The van der Waals surface area contributed by atoms with Crippen LogP contribution in [0.4, 0.5) is 0 Å². The Morgan fingerprint density at radius 1 is 0.923 bits per heavy atom. The van der Waals surface area contributed by atoms with Crippen LogP contribution in [0.15, 0.2) is 42.6 Å². The standard InChI is InChI=1S/C21H24N4O/c1-15-4-7-17(8-5-15)19-20(21(26)24-12-10-23(3)11-13-24)25-14-16(2)6-9-18(25)22-19/h4-9,14H,10-13H2,1-3H3. The summed E-state index contributed by atoms with van der Waals surface area (Å²) in [5, 5.41) is 0. The SMILES string of the molecule is Cc1ccc(-c2nc3ccc(C)cn3c2C(=O)N2CCN(C)CC2)cc1. The van der Waals surface area contributed by atoms with Crippen LogP contribution in [0.5, 0.6) is 0 Å². The first kappa shape index (κ1) is 16.8. The molecule has 0 bridgehead atoms. The van der Waals surface area contributed by atoms with Gasteiger partial charge < -0.3 is 9.80 Å². The highest BCUT2D eigenvalue weighted by Gasteiger charge is 2.27. The average molecular weight is 348 g/mol. The van der Waals surface area contributed by atoms with Crippen molar-refractivity contribution in [3.05, 3.63) is 59.4 Å². The monoisotopic (exact) mass is 348 g/mol. The molecule has 0 aliphatic carbocycles. The summed E-state index contributed by atoms with van der Waals surface area (Å²) >= 11 is 0. The zero-order valence-electron chi connectivity index (χ0n) is 15.6. The molecule has 1 aliphatic heterocycles. The Hall–Kier alpha value is -2.66. The molecule has 4 rings (SSSR count). The van der Waals surface area contributed by atoms with Gasteiger partial charge >= 0.3 is 0 Å². The van der Waals surface area contributed by atoms with Gasteiger partial charge in [0.1, 0.15) is 17.0 Å². The number of fused-ring (bicyclic) bond motifs is 1. The van der Waals surface area contributed by atoms with Crippen LogP contribution in [0.1, 0.15) is 21.6 Å². The van der Waals surface area contributed by atoms with Gasteiger partial charge in [0, 0.05) is 37.9 Å². The van der Waals surface area contributed by atoms with Crippen LogP contribution in [0.3, 0.4) is 0 Å². The summed E-state index contributed by atoms with van der Waals surface area (Å²) in [6, 6.07) is 12.2. The highest BCUT2D eigenvalue weighted by atomic mass is 16.2. The molecule has 5 nitrogen and oxygen atoms in total. The van der Waals surface area contributed by atoms with Crippen LogP contribution < -0.4 is 0 Å². The molecule has 2 aromatic heterocycles. The summed E-state index contributed by atoms with van der Waals surface area (Å²) in [7, 11) is 2.09. The predicted molar refractivity (Wildman–Crippen MR) is 104 cm³/mol. The number of nitrogens with zero attached hydrogens (tertiary/aromatic N) is 4. The Kier molecular flexibility index (Phi) is 4.24. The van der Waals surface area contributed by atoms with Crippen molar-refractivity contribution in [1.29, 1.82) is 0 Å². The van der Waals surface area contributed by atoms with Crippen molar-refractivity contribution < 1.29 is 4.79 Å². The van der Waals surface area contributed by atoms with E-state index in [1.807, 2.05) is 46.7 Å². The van der Waals surface area contributed by atoms with Crippen LogP contribution in [0.25, 0.3) is 16.9 Å². The Morgan fingerprint density at radius 2 is 1.58 bits per heavy atom. The number of pyridine rings is 1. The van der Waals surface area contributed by atoms with Crippen LogP contribution in [0.2, 0.25) is 0 Å². The van der Waals surface area contributed by atoms with E-state index >= 15 is 0 Å². The number of carbonyl (C=O) groups is 1. The van der Waals surface area contributed by atoms with Gasteiger partial charge in [0.2, 0.25) is 0 Å². The van der Waals surface area contributed by atoms with Crippen molar-refractivity contribution in [3.63, 3.8) is 0 Å². The fraction of sp³-hybridized carbons (Fsp3) is 0.333. The first-order valence-corrected chi connectivity index (χ1v) is 9.06. The largest absolute Gasteiger partial charge is 0.335 e. The molecule has 0 saturated carbocycles. The molecule has 134 valence electrons. The van der Waals surface area contributed by atoms with Gasteiger partial charge in [-0.15, -0.1) is 0 Å². The first-order chi connectivity index (χ1) is 12.5. The molecule has 0 N–H and O–H groups in total. The zero-order chi connectivity index (χ0) is 18.3. The van der Waals surface area contributed by atoms with Crippen molar-refractivity contribution in [3.8, 4) is 11.3 Å². The number of benzene rings is 1. The lowest BCUT2D eigenvalue weighted by molar-refractivity contribution is 0.0658. The molecule has 0 atom stereocenters. The lowest BCUT2D eigenvalue weighted by atomic mass is 10.1. The first-order valence-electron chi connectivity index (χ1n) is 9.06. The van der Waals surface area contributed by atoms with Gasteiger partial charge in [-0.25, -0.2) is 4.98 Å². The van der Waals surface area contributed by atoms with E-state index in [2.05, 4.69) is 31.0 Å². The van der Waals surface area contributed by atoms with E-state index in [0.717, 1.165) is 48.6 Å². The number of hydrogen-bond donors (Lipinski definition) is 0. The van der Waals surface area contributed by atoms with Crippen molar-refractivity contribution in [1.82, 2.24) is 19.2 Å². The van der Waals surface area contributed by atoms with Crippen LogP contribution in [0, 0.1) is 13.8 Å². The predicted octanol–water partition coefficient (Wildman–Crippen LogP) is 3.01. The van der Waals surface area contributed by atoms with Crippen LogP contribution in [-0.4, -0.2) is 58.3 Å². The van der Waals surface area contributed by atoms with E-state index in [0.29, 0.717) is 5.69 Å². The molecule has 26 heavy (non-hydrogen) atoms. The second-order valence-electron chi connectivity index (χ2n) is 7.21. The van der Waals surface area contributed by atoms with Crippen molar-refractivity contribution in [2.75, 3.05) is 33.2 Å². The summed E-state index contributed by atoms with van der Waals surface area (Å²) in [4.78, 5) is 22.4. The Morgan fingerprint density at radius 3 is 2.27 bits per heavy atom. The normalized spacial score (nSPS) is 15.6. The summed E-state index contributed by atoms with van der Waals surface area (Å²) < 4.78 is 1.95. The minimum Gasteiger partial charge on any atom is -0.335 e. The number of aryl methyl sites for hydroxylation is 2. The van der Waals surface area contributed by atoms with E-state index in [1.54, 1.807) is 0 Å². The smallest absolute Gasteiger partial charge is 0.273 e. The Labute approximate surface area is 153 Å². The van der Waals surface area contributed by atoms with Gasteiger partial charge in [-0.3, -0.25) is 9.20 Å². The highest BCUT2D eigenvalue weighted by molar-refractivity contribution is 5.99. The maximum absolute atomic E-state index is 13.4. The zero-order valence-corrected chi connectivity index (χ0v) is 15.6. The second-order valence-corrected chi connectivity index (χ2v) is 7.21. The highest BCUT2D eigenvalue weighted by Crippen LogP contribution is 2.27. The van der Waals surface area contributed by atoms with Gasteiger partial charge in [0.15, 0.2) is 0 Å². The summed E-state index contributed by atoms with van der Waals surface area (Å²) in [6.07, 6.45) is 2.00. The number of hydrogen-bond acceptors (Lipinski definition) is 3. The van der Waals surface area contributed by atoms with Crippen molar-refractivity contribution in [2.45, 2.75) is 13.8 Å². The lowest BCUT2D eigenvalue weighted by Gasteiger charge is -2.32. The van der Waals surface area contributed by atoms with E-state index < -0.39 is 0 Å². The lowest BCUT2D eigenvalue weighted by Crippen LogP contribution is -2.47. The number of amides is 1. The number of piperazine rings is 1. The van der Waals surface area contributed by atoms with Gasteiger partial charge in [0.05, 0.1) is 0 Å². The van der Waals surface area contributed by atoms with Crippen molar-refractivity contribution in [2.24, 2.45) is 0 Å². The molecule has 3 heterocycles. The third-order valence-electron chi connectivity index (χ3n) is 5.08. The number of likely N-dealkylation sites (N-methyl/N-ethyl adjacent to an activating group) is 1. The molecule has 0 radical (unpaired) electrons. The Balaban J connectivity index is 1.85. The third-order valence-corrected chi connectivity index (χ3v) is 5.08. The fourth-order valence-corrected chi connectivity index (χ4v) is 3.43. The number of imidazole rings is 1. The summed E-state index contributed by atoms with van der Waals surface area (Å²) in [5.74, 6) is 0.0618. The summed E-state index contributed by atoms with van der Waals surface area (Å²) in [6.45, 7) is 7.41. The number of rotatable bonds is 2. The molecular formula is C21H24N4O. The van der Waals surface area contributed by atoms with Gasteiger partial charge in [-0.1, -0.05) is 35.9 Å². The van der Waals surface area contributed by atoms with Gasteiger partial charge in [-0.2, -0.15) is 0 Å². The molecule has 0 spiro atoms. The van der Waals surface area contributed by atoms with Crippen molar-refractivity contribution >= 4 is 11.6 Å². The van der Waals surface area contributed by atoms with Gasteiger partial charge in [0.25, 0.3) is 5.91 Å². The molecule has 1 saturated heterocycles. The van der Waals surface area contributed by atoms with E-state index in [1.165, 1.54) is 5.56 Å². The van der Waals surface area contributed by atoms with Gasteiger partial charge in [-0.05, 0) is 32.5 Å². The van der Waals surface area contributed by atoms with E-state index in [4.69, 9.17) is 4.98 Å². The molecule has 5 heteroatoms. The second kappa shape index (κ2) is 6.57. The van der Waals surface area contributed by atoms with Crippen LogP contribution in [-0.2, 0) is 0 Å². The Bertz CT molecular complexity index is 950. The minimum absolute atomic E-state index is 0.0618. The molecule has 1 amide bonds. The maximum atomic E-state index is 13.4. The molecule has 0 unspecified atom stereocenters. The van der Waals surface area contributed by atoms with Crippen LogP contribution >= 0.6 is 0 Å². The summed E-state index contributed by atoms with van der Waals surface area (Å²) in [5.41, 5.74) is 5.52. The molecule has 1 aromatic carbocycles. The molecule has 3 aromatic rings. The van der Waals surface area contributed by atoms with E-state index in [9.17, 15) is 4.79 Å². The average Bonchev–Trinajstić information content (AvgIpc) is 3.01. The number of aromatic nitrogens is 2.